The summed E-state index contributed by atoms with van der Waals surface area (Å²) < 4.78 is 28.2. The Bertz CT molecular complexity index is 883. The molecule has 4 N–H and O–H groups in total. The lowest BCUT2D eigenvalue weighted by Crippen LogP contribution is -2.29. The summed E-state index contributed by atoms with van der Waals surface area (Å²) in [6.45, 7) is 1.95. The van der Waals surface area contributed by atoms with Crippen LogP contribution in [0.4, 0.5) is 5.69 Å². The number of carbonyl (C=O) groups excluding carboxylic acids is 1. The van der Waals surface area contributed by atoms with E-state index in [4.69, 9.17) is 10.6 Å². The van der Waals surface area contributed by atoms with Gasteiger partial charge in [-0.15, -0.1) is 0 Å². The number of nitrogens with one attached hydrogen (secondary N) is 2. The van der Waals surface area contributed by atoms with Crippen LogP contribution >= 0.6 is 0 Å². The third-order valence-electron chi connectivity index (χ3n) is 3.13. The fraction of sp³-hybridized carbons (Fsp3) is 0.176. The quantitative estimate of drug-likeness (QED) is 0.454. The van der Waals surface area contributed by atoms with Crippen molar-refractivity contribution in [2.45, 2.75) is 13.3 Å². The highest BCUT2D eigenvalue weighted by atomic mass is 32.2. The van der Waals surface area contributed by atoms with E-state index in [0.29, 0.717) is 22.7 Å². The van der Waals surface area contributed by atoms with Gasteiger partial charge in [0.05, 0.1) is 17.8 Å². The Balaban J connectivity index is 2.19. The van der Waals surface area contributed by atoms with Crippen molar-refractivity contribution in [1.82, 2.24) is 4.72 Å². The van der Waals surface area contributed by atoms with Crippen LogP contribution in [-0.2, 0) is 15.0 Å². The Labute approximate surface area is 152 Å². The molecule has 1 amide bonds. The molecule has 2 aromatic rings. The van der Waals surface area contributed by atoms with E-state index in [9.17, 15) is 13.2 Å². The molecule has 0 aromatic heterocycles. The van der Waals surface area contributed by atoms with E-state index >= 15 is 0 Å². The number of hydrogen-bond acceptors (Lipinski definition) is 5. The molecule has 0 atom stereocenters. The molecule has 0 aliphatic heterocycles. The maximum Gasteiger partial charge on any atom is 0.299 e. The van der Waals surface area contributed by atoms with Crippen molar-refractivity contribution in [2.75, 3.05) is 11.3 Å². The second kappa shape index (κ2) is 8.97. The zero-order valence-corrected chi connectivity index (χ0v) is 15.0. The number of hydrogen-bond donors (Lipinski definition) is 3. The molecule has 9 heteroatoms. The summed E-state index contributed by atoms with van der Waals surface area (Å²) in [5.41, 5.74) is 6.65. The molecule has 26 heavy (non-hydrogen) atoms. The van der Waals surface area contributed by atoms with Gasteiger partial charge in [0.1, 0.15) is 0 Å². The lowest BCUT2D eigenvalue weighted by molar-refractivity contribution is -0.116. The predicted octanol–water partition coefficient (Wildman–Crippen LogP) is 1.61. The number of rotatable bonds is 9. The highest BCUT2D eigenvalue weighted by molar-refractivity contribution is 7.90. The lowest BCUT2D eigenvalue weighted by Gasteiger charge is -2.09. The van der Waals surface area contributed by atoms with Crippen LogP contribution in [-0.4, -0.2) is 26.6 Å². The Kier molecular flexibility index (Phi) is 6.70. The van der Waals surface area contributed by atoms with Gasteiger partial charge >= 0.3 is 0 Å². The van der Waals surface area contributed by atoms with Crippen LogP contribution in [0.2, 0.25) is 0 Å². The van der Waals surface area contributed by atoms with E-state index in [1.807, 2.05) is 18.2 Å². The number of amides is 1. The molecule has 0 aliphatic rings. The average molecular weight is 376 g/mol. The largest absolute Gasteiger partial charge is 0.369 e. The van der Waals surface area contributed by atoms with Crippen molar-refractivity contribution >= 4 is 27.5 Å². The summed E-state index contributed by atoms with van der Waals surface area (Å²) in [4.78, 5) is 16.6. The van der Waals surface area contributed by atoms with Gasteiger partial charge in [-0.1, -0.05) is 48.5 Å². The molecule has 0 saturated carbocycles. The first-order chi connectivity index (χ1) is 12.4. The van der Waals surface area contributed by atoms with Gasteiger partial charge in [0.15, 0.2) is 5.75 Å². The molecule has 0 saturated heterocycles. The Morgan fingerprint density at radius 2 is 1.88 bits per heavy atom. The van der Waals surface area contributed by atoms with Crippen molar-refractivity contribution in [3.8, 4) is 5.75 Å². The first kappa shape index (κ1) is 19.4. The van der Waals surface area contributed by atoms with Crippen molar-refractivity contribution in [3.63, 3.8) is 0 Å². The lowest BCUT2D eigenvalue weighted by atomic mass is 10.1. The summed E-state index contributed by atoms with van der Waals surface area (Å²) in [7, 11) is -3.64. The molecule has 2 rings (SSSR count). The molecular formula is C17H20N4O4S. The number of nitrogens with two attached hydrogens (primary N) is 1. The summed E-state index contributed by atoms with van der Waals surface area (Å²) in [5, 5.41) is 4.00. The van der Waals surface area contributed by atoms with E-state index in [1.165, 1.54) is 6.07 Å². The highest BCUT2D eigenvalue weighted by Gasteiger charge is 2.10. The van der Waals surface area contributed by atoms with Crippen LogP contribution in [0.25, 0.3) is 0 Å². The Morgan fingerprint density at radius 3 is 2.54 bits per heavy atom. The fourth-order valence-corrected chi connectivity index (χ4v) is 2.98. The Morgan fingerprint density at radius 1 is 1.15 bits per heavy atom. The number of benzene rings is 2. The molecule has 0 aliphatic carbocycles. The smallest absolute Gasteiger partial charge is 0.299 e. The van der Waals surface area contributed by atoms with Gasteiger partial charge in [-0.2, -0.15) is 13.1 Å². The van der Waals surface area contributed by atoms with Gasteiger partial charge in [-0.3, -0.25) is 9.52 Å². The van der Waals surface area contributed by atoms with Crippen LogP contribution in [0.15, 0.2) is 59.8 Å². The zero-order chi connectivity index (χ0) is 19.0. The van der Waals surface area contributed by atoms with Gasteiger partial charge in [0.2, 0.25) is 5.91 Å². The van der Waals surface area contributed by atoms with Crippen LogP contribution < -0.4 is 20.0 Å². The molecule has 8 nitrogen and oxygen atoms in total. The van der Waals surface area contributed by atoms with Crippen molar-refractivity contribution < 1.29 is 18.0 Å². The zero-order valence-electron chi connectivity index (χ0n) is 14.2. The molecule has 0 heterocycles. The minimum absolute atomic E-state index is 0.0866. The summed E-state index contributed by atoms with van der Waals surface area (Å²) in [5.74, 6) is -0.233. The first-order valence-corrected chi connectivity index (χ1v) is 9.33. The highest BCUT2D eigenvalue weighted by Crippen LogP contribution is 2.19. The number of anilines is 1. The van der Waals surface area contributed by atoms with Gasteiger partial charge < -0.3 is 10.6 Å². The van der Waals surface area contributed by atoms with Crippen molar-refractivity contribution in [2.24, 2.45) is 10.9 Å². The molecule has 0 spiro atoms. The molecule has 0 fully saturated rings. The fourth-order valence-electron chi connectivity index (χ4n) is 2.09. The number of oxime groups is 1. The molecule has 2 aromatic carbocycles. The van der Waals surface area contributed by atoms with E-state index in [0.717, 1.165) is 0 Å². The molecular weight excluding hydrogens is 356 g/mol. The van der Waals surface area contributed by atoms with Crippen molar-refractivity contribution in [1.29, 1.82) is 0 Å². The first-order valence-electron chi connectivity index (χ1n) is 7.84. The van der Waals surface area contributed by atoms with Gasteiger partial charge in [-0.05, 0) is 17.7 Å². The molecule has 138 valence electrons. The standard InChI is InChI=1S/C17H20N4O4S/c1-2-19-26(23,24)21-14-9-6-10-15(11-14)25-20-16(12-17(18)22)13-7-4-3-5-8-13/h3-11,19,21H,2,12H2,1H3,(H2,18,22)/b20-16+. The number of primary amides is 1. The van der Waals surface area contributed by atoms with Crippen LogP contribution in [0.1, 0.15) is 18.9 Å². The molecule has 0 unspecified atom stereocenters. The predicted molar refractivity (Wildman–Crippen MR) is 100 cm³/mol. The number of nitrogens with zero attached hydrogens (tertiary/aromatic N) is 1. The molecule has 0 bridgehead atoms. The minimum atomic E-state index is -3.64. The Hall–Kier alpha value is -2.91. The van der Waals surface area contributed by atoms with Gasteiger partial charge in [0, 0.05) is 12.6 Å². The summed E-state index contributed by atoms with van der Waals surface area (Å²) in [6.07, 6.45) is -0.0866. The van der Waals surface area contributed by atoms with E-state index in [-0.39, 0.29) is 13.0 Å². The topological polar surface area (TPSA) is 123 Å². The monoisotopic (exact) mass is 376 g/mol. The molecule has 0 radical (unpaired) electrons. The van der Waals surface area contributed by atoms with Crippen LogP contribution in [0.3, 0.4) is 0 Å². The second-order valence-corrected chi connectivity index (χ2v) is 6.77. The van der Waals surface area contributed by atoms with Crippen LogP contribution in [0.5, 0.6) is 5.75 Å². The van der Waals surface area contributed by atoms with Crippen molar-refractivity contribution in [3.05, 3.63) is 60.2 Å². The van der Waals surface area contributed by atoms with Crippen LogP contribution in [0, 0.1) is 0 Å². The van der Waals surface area contributed by atoms with E-state index < -0.39 is 16.1 Å². The third kappa shape index (κ3) is 6.19. The third-order valence-corrected chi connectivity index (χ3v) is 4.30. The SMILES string of the molecule is CCNS(=O)(=O)Nc1cccc(O/N=C(\CC(N)=O)c2ccccc2)c1. The summed E-state index contributed by atoms with van der Waals surface area (Å²) in [6, 6.07) is 15.3. The van der Waals surface area contributed by atoms with E-state index in [1.54, 1.807) is 37.3 Å². The minimum Gasteiger partial charge on any atom is -0.369 e. The van der Waals surface area contributed by atoms with E-state index in [2.05, 4.69) is 14.6 Å². The normalized spacial score (nSPS) is 11.8. The average Bonchev–Trinajstić information content (AvgIpc) is 2.59. The number of carbonyl (C=O) groups is 1. The maximum atomic E-state index is 11.7. The summed E-state index contributed by atoms with van der Waals surface area (Å²) >= 11 is 0. The van der Waals surface area contributed by atoms with Gasteiger partial charge in [0.25, 0.3) is 10.2 Å². The second-order valence-electron chi connectivity index (χ2n) is 5.27. The van der Waals surface area contributed by atoms with Gasteiger partial charge in [-0.25, -0.2) is 0 Å². The maximum absolute atomic E-state index is 11.7.